The molecule has 0 amide bonds. The highest BCUT2D eigenvalue weighted by Gasteiger charge is 2.06. The largest absolute Gasteiger partial charge is 0.507 e. The zero-order valence-electron chi connectivity index (χ0n) is 7.65. The summed E-state index contributed by atoms with van der Waals surface area (Å²) in [5, 5.41) is 9.43. The van der Waals surface area contributed by atoms with Gasteiger partial charge >= 0.3 is 0 Å². The van der Waals surface area contributed by atoms with E-state index < -0.39 is 0 Å². The first kappa shape index (κ1) is 12.1. The SMILES string of the molecule is COc1ccc(C(C)N)c(O)c1.Cl. The van der Waals surface area contributed by atoms with Gasteiger partial charge in [-0.05, 0) is 13.0 Å². The van der Waals surface area contributed by atoms with Crippen molar-refractivity contribution >= 4 is 12.4 Å². The minimum atomic E-state index is -0.157. The van der Waals surface area contributed by atoms with Gasteiger partial charge in [0.15, 0.2) is 0 Å². The number of phenolic OH excluding ortho intramolecular Hbond substituents is 1. The van der Waals surface area contributed by atoms with Crippen LogP contribution in [0.25, 0.3) is 0 Å². The molecule has 0 saturated heterocycles. The first-order chi connectivity index (χ1) is 5.65. The molecule has 74 valence electrons. The van der Waals surface area contributed by atoms with E-state index in [1.165, 1.54) is 0 Å². The average Bonchev–Trinajstić information content (AvgIpc) is 2.03. The monoisotopic (exact) mass is 203 g/mol. The number of methoxy groups -OCH3 is 1. The highest BCUT2D eigenvalue weighted by molar-refractivity contribution is 5.85. The Kier molecular flexibility index (Phi) is 4.59. The van der Waals surface area contributed by atoms with E-state index in [9.17, 15) is 5.11 Å². The summed E-state index contributed by atoms with van der Waals surface area (Å²) in [5.41, 5.74) is 6.34. The van der Waals surface area contributed by atoms with Crippen molar-refractivity contribution < 1.29 is 9.84 Å². The molecule has 0 bridgehead atoms. The maximum Gasteiger partial charge on any atom is 0.124 e. The molecule has 1 atom stereocenters. The number of hydrogen-bond donors (Lipinski definition) is 2. The van der Waals surface area contributed by atoms with Gasteiger partial charge in [0.2, 0.25) is 0 Å². The lowest BCUT2D eigenvalue weighted by Crippen LogP contribution is -2.04. The molecule has 3 N–H and O–H groups in total. The zero-order valence-corrected chi connectivity index (χ0v) is 8.47. The molecule has 1 aromatic carbocycles. The lowest BCUT2D eigenvalue weighted by atomic mass is 10.1. The number of ether oxygens (including phenoxy) is 1. The Hall–Kier alpha value is -0.930. The number of nitrogens with two attached hydrogens (primary N) is 1. The Bertz CT molecular complexity index is 276. The van der Waals surface area contributed by atoms with E-state index in [1.807, 2.05) is 6.92 Å². The Morgan fingerprint density at radius 1 is 1.46 bits per heavy atom. The van der Waals surface area contributed by atoms with Gasteiger partial charge in [0.1, 0.15) is 11.5 Å². The molecule has 0 aliphatic carbocycles. The molecule has 0 aliphatic heterocycles. The molecule has 0 heterocycles. The van der Waals surface area contributed by atoms with Crippen molar-refractivity contribution in [3.05, 3.63) is 23.8 Å². The van der Waals surface area contributed by atoms with Gasteiger partial charge in [-0.1, -0.05) is 6.07 Å². The predicted octanol–water partition coefficient (Wildman–Crippen LogP) is 1.84. The van der Waals surface area contributed by atoms with Gasteiger partial charge in [-0.3, -0.25) is 0 Å². The van der Waals surface area contributed by atoms with Crippen molar-refractivity contribution in [2.45, 2.75) is 13.0 Å². The summed E-state index contributed by atoms with van der Waals surface area (Å²) in [4.78, 5) is 0. The van der Waals surface area contributed by atoms with Gasteiger partial charge < -0.3 is 15.6 Å². The van der Waals surface area contributed by atoms with Crippen molar-refractivity contribution in [1.29, 1.82) is 0 Å². The third kappa shape index (κ3) is 2.79. The van der Waals surface area contributed by atoms with Crippen LogP contribution in [0.2, 0.25) is 0 Å². The maximum absolute atomic E-state index is 9.43. The second-order valence-electron chi connectivity index (χ2n) is 2.71. The van der Waals surface area contributed by atoms with Gasteiger partial charge in [-0.25, -0.2) is 0 Å². The molecule has 1 rings (SSSR count). The Morgan fingerprint density at radius 3 is 2.46 bits per heavy atom. The summed E-state index contributed by atoms with van der Waals surface area (Å²) in [6, 6.07) is 4.94. The summed E-state index contributed by atoms with van der Waals surface area (Å²) in [6.45, 7) is 1.82. The van der Waals surface area contributed by atoms with Crippen LogP contribution in [0.1, 0.15) is 18.5 Å². The van der Waals surface area contributed by atoms with Crippen molar-refractivity contribution in [3.63, 3.8) is 0 Å². The van der Waals surface area contributed by atoms with Crippen LogP contribution in [0, 0.1) is 0 Å². The van der Waals surface area contributed by atoms with Crippen LogP contribution in [-0.2, 0) is 0 Å². The Balaban J connectivity index is 0.00000144. The van der Waals surface area contributed by atoms with E-state index in [0.717, 1.165) is 5.56 Å². The highest BCUT2D eigenvalue weighted by atomic mass is 35.5. The summed E-state index contributed by atoms with van der Waals surface area (Å²) in [5.74, 6) is 0.821. The van der Waals surface area contributed by atoms with Gasteiger partial charge in [-0.2, -0.15) is 0 Å². The first-order valence-electron chi connectivity index (χ1n) is 3.77. The molecule has 1 unspecified atom stereocenters. The number of aromatic hydroxyl groups is 1. The van der Waals surface area contributed by atoms with Gasteiger partial charge in [0.05, 0.1) is 7.11 Å². The minimum Gasteiger partial charge on any atom is -0.507 e. The summed E-state index contributed by atoms with van der Waals surface area (Å²) < 4.78 is 4.93. The van der Waals surface area contributed by atoms with E-state index in [-0.39, 0.29) is 24.2 Å². The molecule has 0 aliphatic rings. The predicted molar refractivity (Wildman–Crippen MR) is 54.5 cm³/mol. The quantitative estimate of drug-likeness (QED) is 0.771. The van der Waals surface area contributed by atoms with E-state index in [2.05, 4.69) is 0 Å². The minimum absolute atomic E-state index is 0. The normalized spacial score (nSPS) is 11.6. The second kappa shape index (κ2) is 4.94. The number of rotatable bonds is 2. The molecule has 0 saturated carbocycles. The zero-order chi connectivity index (χ0) is 9.14. The topological polar surface area (TPSA) is 55.5 Å². The average molecular weight is 204 g/mol. The molecular formula is C9H14ClNO2. The van der Waals surface area contributed by atoms with Gasteiger partial charge in [0.25, 0.3) is 0 Å². The number of phenols is 1. The van der Waals surface area contributed by atoms with Crippen molar-refractivity contribution in [2.75, 3.05) is 7.11 Å². The molecule has 1 aromatic rings. The fourth-order valence-electron chi connectivity index (χ4n) is 1.04. The third-order valence-electron chi connectivity index (χ3n) is 1.73. The van der Waals surface area contributed by atoms with Crippen molar-refractivity contribution in [2.24, 2.45) is 5.73 Å². The summed E-state index contributed by atoms with van der Waals surface area (Å²) in [7, 11) is 1.56. The molecule has 0 aromatic heterocycles. The van der Waals surface area contributed by atoms with E-state index in [1.54, 1.807) is 25.3 Å². The number of hydrogen-bond acceptors (Lipinski definition) is 3. The van der Waals surface area contributed by atoms with Crippen LogP contribution < -0.4 is 10.5 Å². The van der Waals surface area contributed by atoms with Gasteiger partial charge in [0, 0.05) is 17.7 Å². The smallest absolute Gasteiger partial charge is 0.124 e. The van der Waals surface area contributed by atoms with Crippen LogP contribution in [-0.4, -0.2) is 12.2 Å². The van der Waals surface area contributed by atoms with E-state index in [0.29, 0.717) is 5.75 Å². The molecular weight excluding hydrogens is 190 g/mol. The fourth-order valence-corrected chi connectivity index (χ4v) is 1.04. The van der Waals surface area contributed by atoms with Crippen LogP contribution in [0.5, 0.6) is 11.5 Å². The molecule has 0 fully saturated rings. The lowest BCUT2D eigenvalue weighted by Gasteiger charge is -2.09. The lowest BCUT2D eigenvalue weighted by molar-refractivity contribution is 0.405. The summed E-state index contributed by atoms with van der Waals surface area (Å²) in [6.07, 6.45) is 0. The Labute approximate surface area is 83.9 Å². The fraction of sp³-hybridized carbons (Fsp3) is 0.333. The standard InChI is InChI=1S/C9H13NO2.ClH/c1-6(10)8-4-3-7(12-2)5-9(8)11;/h3-6,11H,10H2,1-2H3;1H. The van der Waals surface area contributed by atoms with E-state index in [4.69, 9.17) is 10.5 Å². The molecule has 3 nitrogen and oxygen atoms in total. The highest BCUT2D eigenvalue weighted by Crippen LogP contribution is 2.26. The summed E-state index contributed by atoms with van der Waals surface area (Å²) >= 11 is 0. The molecule has 4 heteroatoms. The van der Waals surface area contributed by atoms with Crippen molar-refractivity contribution in [3.8, 4) is 11.5 Å². The molecule has 0 radical (unpaired) electrons. The molecule has 13 heavy (non-hydrogen) atoms. The van der Waals surface area contributed by atoms with E-state index >= 15 is 0 Å². The first-order valence-corrected chi connectivity index (χ1v) is 3.77. The third-order valence-corrected chi connectivity index (χ3v) is 1.73. The van der Waals surface area contributed by atoms with Gasteiger partial charge in [-0.15, -0.1) is 12.4 Å². The van der Waals surface area contributed by atoms with Crippen molar-refractivity contribution in [1.82, 2.24) is 0 Å². The Morgan fingerprint density at radius 2 is 2.08 bits per heavy atom. The second-order valence-corrected chi connectivity index (χ2v) is 2.71. The van der Waals surface area contributed by atoms with Crippen LogP contribution in [0.15, 0.2) is 18.2 Å². The number of halogens is 1. The maximum atomic E-state index is 9.43. The molecule has 0 spiro atoms. The van der Waals surface area contributed by atoms with Crippen LogP contribution in [0.3, 0.4) is 0 Å². The van der Waals surface area contributed by atoms with Crippen LogP contribution >= 0.6 is 12.4 Å². The number of benzene rings is 1. The van der Waals surface area contributed by atoms with Crippen LogP contribution in [0.4, 0.5) is 0 Å².